The summed E-state index contributed by atoms with van der Waals surface area (Å²) in [6, 6.07) is 0. The number of aliphatic hydroxyl groups is 16. The number of ether oxygens (including phenoxy) is 12. The molecule has 560 valence electrons. The third kappa shape index (κ3) is 16.1. The first kappa shape index (κ1) is 81.2. The molecule has 9 fully saturated rings. The van der Waals surface area contributed by atoms with Gasteiger partial charge >= 0.3 is 29.6 Å². The molecule has 6 saturated heterocycles. The Morgan fingerprint density at radius 2 is 1.06 bits per heavy atom. The van der Waals surface area contributed by atoms with E-state index in [2.05, 4.69) is 13.0 Å². The fourth-order valence-electron chi connectivity index (χ4n) is 17.2. The first-order valence-electron chi connectivity index (χ1n) is 33.8. The number of allylic oxidation sites excluding steroid dienone is 2. The maximum atomic E-state index is 13.6. The Bertz CT molecular complexity index is 2790. The molecule has 10 aliphatic rings. The van der Waals surface area contributed by atoms with Gasteiger partial charge in [-0.2, -0.15) is 0 Å². The number of rotatable bonds is 21. The Morgan fingerprint density at radius 1 is 0.582 bits per heavy atom. The fraction of sp³-hybridized carbons (Fsp3) is 0.952. The van der Waals surface area contributed by atoms with Gasteiger partial charge in [0.25, 0.3) is 0 Å². The molecule has 0 aromatic rings. The van der Waals surface area contributed by atoms with E-state index in [4.69, 9.17) is 61.0 Å². The van der Waals surface area contributed by atoms with E-state index >= 15 is 0 Å². The van der Waals surface area contributed by atoms with Crippen molar-refractivity contribution in [2.75, 3.05) is 19.8 Å². The van der Waals surface area contributed by atoms with Gasteiger partial charge in [0, 0.05) is 12.3 Å². The maximum Gasteiger partial charge on any atom is 1.00 e. The van der Waals surface area contributed by atoms with Crippen molar-refractivity contribution < 1.29 is 190 Å². The van der Waals surface area contributed by atoms with Crippen molar-refractivity contribution in [3.05, 3.63) is 11.6 Å². The minimum Gasteiger partial charge on any atom is -0.726 e. The van der Waals surface area contributed by atoms with E-state index in [0.29, 0.717) is 25.7 Å². The molecule has 0 aromatic carbocycles. The molecular formula is C63H103NaO33S. The summed E-state index contributed by atoms with van der Waals surface area (Å²) in [5, 5.41) is 179. The van der Waals surface area contributed by atoms with Gasteiger partial charge in [0.2, 0.25) is 10.4 Å². The zero-order valence-corrected chi connectivity index (χ0v) is 59.5. The minimum absolute atomic E-state index is 0. The first-order valence-corrected chi connectivity index (χ1v) is 35.2. The molecule has 39 atom stereocenters. The second-order valence-electron chi connectivity index (χ2n) is 29.8. The molecule has 33 unspecified atom stereocenters. The van der Waals surface area contributed by atoms with Crippen molar-refractivity contribution in [2.24, 2.45) is 46.3 Å². The first-order chi connectivity index (χ1) is 45.3. The average Bonchev–Trinajstić information content (AvgIpc) is 1.35. The van der Waals surface area contributed by atoms with Gasteiger partial charge < -0.3 is 143 Å². The van der Waals surface area contributed by atoms with Crippen LogP contribution in [0.4, 0.5) is 0 Å². The summed E-state index contributed by atoms with van der Waals surface area (Å²) in [5.41, 5.74) is -1.45. The SMILES string of the molecule is CC(C)C(C)C(=O)C[C@](C)(O)C1CCC2C3C[C@H](OC4OC(C)C(O)C(OC5OCC(OC6OC(CO)C(O)C(O)C6OC6OC(C)C(O)C(OC7OC(CO)C(O)C(O)C7O)C6O)C(O)C5OC5OC(C)C(O)C(O)C5O)C4O)[C@H]4C[C@@H](OS(=O)(=O)[O-])CC[C@]4(C)C3=CC[C@@]21C.[Na+]. The third-order valence-corrected chi connectivity index (χ3v) is 23.8. The van der Waals surface area contributed by atoms with Gasteiger partial charge in [-0.05, 0) is 113 Å². The number of fused-ring (bicyclic) bond motifs is 5. The van der Waals surface area contributed by atoms with E-state index < -0.39 is 243 Å². The predicted molar refractivity (Wildman–Crippen MR) is 321 cm³/mol. The number of carbonyl (C=O) groups is 1. The molecule has 6 aliphatic heterocycles. The maximum absolute atomic E-state index is 13.6. The Morgan fingerprint density at radius 3 is 1.62 bits per heavy atom. The Kier molecular flexibility index (Phi) is 26.5. The molecule has 0 radical (unpaired) electrons. The number of hydrogen-bond acceptors (Lipinski definition) is 33. The number of Topliss-reactive ketones (excluding diaryl/α,β-unsaturated/α-hetero) is 1. The van der Waals surface area contributed by atoms with E-state index in [1.165, 1.54) is 20.8 Å². The van der Waals surface area contributed by atoms with Crippen molar-refractivity contribution in [1.29, 1.82) is 0 Å². The van der Waals surface area contributed by atoms with Crippen LogP contribution in [0.2, 0.25) is 0 Å². The summed E-state index contributed by atoms with van der Waals surface area (Å²) in [5.74, 6) is -1.34. The second kappa shape index (κ2) is 31.9. The van der Waals surface area contributed by atoms with Crippen LogP contribution in [0.15, 0.2) is 11.6 Å². The van der Waals surface area contributed by atoms with Gasteiger partial charge in [-0.3, -0.25) is 8.98 Å². The molecule has 35 heteroatoms. The smallest absolute Gasteiger partial charge is 0.726 e. The predicted octanol–water partition coefficient (Wildman–Crippen LogP) is -7.95. The quantitative estimate of drug-likeness (QED) is 0.0220. The van der Waals surface area contributed by atoms with E-state index in [1.54, 1.807) is 6.92 Å². The van der Waals surface area contributed by atoms with Gasteiger partial charge in [-0.1, -0.05) is 46.3 Å². The van der Waals surface area contributed by atoms with Crippen LogP contribution < -0.4 is 29.6 Å². The monoisotopic (exact) mass is 1440 g/mol. The van der Waals surface area contributed by atoms with Crippen LogP contribution in [-0.2, 0) is 76.2 Å². The van der Waals surface area contributed by atoms with Crippen molar-refractivity contribution in [2.45, 2.75) is 310 Å². The van der Waals surface area contributed by atoms with Crippen LogP contribution in [-0.4, -0.2) is 316 Å². The Labute approximate surface area is 590 Å². The molecule has 3 saturated carbocycles. The van der Waals surface area contributed by atoms with Crippen LogP contribution in [0.3, 0.4) is 0 Å². The second-order valence-corrected chi connectivity index (χ2v) is 30.8. The van der Waals surface area contributed by atoms with Crippen molar-refractivity contribution in [3.8, 4) is 0 Å². The Hall–Kier alpha value is -0.840. The molecule has 0 aromatic heterocycles. The van der Waals surface area contributed by atoms with Crippen LogP contribution >= 0.6 is 0 Å². The van der Waals surface area contributed by atoms with Crippen molar-refractivity contribution in [1.82, 2.24) is 0 Å². The molecule has 0 spiro atoms. The van der Waals surface area contributed by atoms with Crippen LogP contribution in [0.25, 0.3) is 0 Å². The number of aliphatic hydroxyl groups excluding tert-OH is 15. The van der Waals surface area contributed by atoms with Gasteiger partial charge in [0.1, 0.15) is 128 Å². The summed E-state index contributed by atoms with van der Waals surface area (Å²) < 4.78 is 114. The topological polar surface area (TPSA) is 518 Å². The van der Waals surface area contributed by atoms with E-state index in [9.17, 15) is 99.5 Å². The van der Waals surface area contributed by atoms with Gasteiger partial charge in [-0.25, -0.2) is 8.42 Å². The summed E-state index contributed by atoms with van der Waals surface area (Å²) in [6.45, 7) is 13.3. The summed E-state index contributed by atoms with van der Waals surface area (Å²) in [7, 11) is -5.17. The third-order valence-electron chi connectivity index (χ3n) is 23.3. The zero-order valence-electron chi connectivity index (χ0n) is 56.7. The molecular weight excluding hydrogens is 1340 g/mol. The van der Waals surface area contributed by atoms with Crippen LogP contribution in [0, 0.1) is 46.3 Å². The van der Waals surface area contributed by atoms with Crippen LogP contribution in [0.1, 0.15) is 114 Å². The van der Waals surface area contributed by atoms with Crippen molar-refractivity contribution >= 4 is 16.2 Å². The molecule has 0 bridgehead atoms. The average molecular weight is 1440 g/mol. The Balaban J connectivity index is 0.0000112. The molecule has 98 heavy (non-hydrogen) atoms. The van der Waals surface area contributed by atoms with Crippen molar-refractivity contribution in [3.63, 3.8) is 0 Å². The molecule has 4 aliphatic carbocycles. The zero-order chi connectivity index (χ0) is 71.2. The fourth-order valence-corrected chi connectivity index (χ4v) is 17.7. The van der Waals surface area contributed by atoms with Gasteiger partial charge in [0.05, 0.1) is 55.9 Å². The van der Waals surface area contributed by atoms with E-state index in [-0.39, 0.29) is 90.6 Å². The van der Waals surface area contributed by atoms with E-state index in [1.807, 2.05) is 27.7 Å². The summed E-state index contributed by atoms with van der Waals surface area (Å²) in [6.07, 6.45) is -49.4. The standard InChI is InChI=1S/C63H104O33S.Na/c1-22(2)23(3)32(66)18-63(9,80)37-11-10-29-28-17-33(31-16-27(96-97(81,82)83)12-14-61(31,7)30(28)13-15-62(29,37)8)88-57-49(78)52(40(69)25(5)86-57)93-59-53(94-55-47(76)44(73)38(67)24(4)85-55)43(72)36(21-84-59)91-60-54(46(75)42(71)35(20-65)90-60)95-58-50(79)51(39(68)26(6)87-58)92-56-48(77)45(74)41(70)34(19-64)89-56;/h13,22-29,31,33-60,64-65,67-80H,10-12,14-21H2,1-9H3,(H,81,82,83);/q;+1/p-1/t23?,24?,25?,26?,27-,28?,29?,31+,33-,34?,35?,36?,37?,38?,39?,40?,41?,42?,43?,44?,45?,46?,47?,48?,49?,50?,51?,52?,53?,54?,55?,56?,57?,58?,59?,60?,61+,62-,63-;/m0./s1. The van der Waals surface area contributed by atoms with Crippen LogP contribution in [0.5, 0.6) is 0 Å². The van der Waals surface area contributed by atoms with Gasteiger partial charge in [-0.15, -0.1) is 0 Å². The van der Waals surface area contributed by atoms with E-state index in [0.717, 1.165) is 5.57 Å². The molecule has 16 N–H and O–H groups in total. The minimum atomic E-state index is -5.17. The number of hydrogen-bond donors (Lipinski definition) is 16. The summed E-state index contributed by atoms with van der Waals surface area (Å²) >= 11 is 0. The molecule has 33 nitrogen and oxygen atoms in total. The largest absolute Gasteiger partial charge is 1.00 e. The molecule has 6 heterocycles. The summed E-state index contributed by atoms with van der Waals surface area (Å²) in [4.78, 5) is 13.6. The number of ketones is 1. The molecule has 10 rings (SSSR count). The number of carbonyl (C=O) groups excluding carboxylic acids is 1. The normalized spacial score (nSPS) is 51.0. The molecule has 0 amide bonds. The van der Waals surface area contributed by atoms with Gasteiger partial charge in [0.15, 0.2) is 37.7 Å².